The lowest BCUT2D eigenvalue weighted by atomic mass is 10.0. The molecule has 1 heterocycles. The number of rotatable bonds is 6. The van der Waals surface area contributed by atoms with Gasteiger partial charge in [0.05, 0.1) is 12.7 Å². The van der Waals surface area contributed by atoms with Gasteiger partial charge in [0.25, 0.3) is 0 Å². The second-order valence-electron chi connectivity index (χ2n) is 6.01. The van der Waals surface area contributed by atoms with Crippen molar-refractivity contribution in [3.63, 3.8) is 0 Å². The average molecular weight is 365 g/mol. The van der Waals surface area contributed by atoms with E-state index in [1.165, 1.54) is 18.1 Å². The third kappa shape index (κ3) is 4.35. The van der Waals surface area contributed by atoms with E-state index in [1.807, 2.05) is 37.3 Å². The number of amides is 1. The van der Waals surface area contributed by atoms with Gasteiger partial charge in [-0.2, -0.15) is 0 Å². The van der Waals surface area contributed by atoms with Crippen LogP contribution in [-0.2, 0) is 16.0 Å². The summed E-state index contributed by atoms with van der Waals surface area (Å²) in [4.78, 5) is 24.7. The Bertz CT molecular complexity index is 926. The van der Waals surface area contributed by atoms with Crippen molar-refractivity contribution < 1.29 is 14.3 Å². The Labute approximate surface area is 156 Å². The van der Waals surface area contributed by atoms with Crippen LogP contribution in [0, 0.1) is 6.92 Å². The van der Waals surface area contributed by atoms with E-state index in [1.54, 1.807) is 18.2 Å². The van der Waals surface area contributed by atoms with Crippen molar-refractivity contribution in [1.82, 2.24) is 20.2 Å². The van der Waals surface area contributed by atoms with Gasteiger partial charge in [0.1, 0.15) is 12.4 Å². The third-order valence-corrected chi connectivity index (χ3v) is 4.18. The first-order valence-corrected chi connectivity index (χ1v) is 8.34. The summed E-state index contributed by atoms with van der Waals surface area (Å²) in [6.45, 7) is 1.85. The highest BCUT2D eigenvalue weighted by molar-refractivity contribution is 5.97. The fraction of sp³-hybridized carbons (Fsp3) is 0.211. The molecule has 1 atom stereocenters. The molecular weight excluding hydrogens is 346 g/mol. The summed E-state index contributed by atoms with van der Waals surface area (Å²) >= 11 is 0. The van der Waals surface area contributed by atoms with Crippen LogP contribution in [0.5, 0.6) is 0 Å². The molecule has 0 bridgehead atoms. The lowest BCUT2D eigenvalue weighted by Gasteiger charge is -2.17. The molecule has 138 valence electrons. The van der Waals surface area contributed by atoms with Crippen molar-refractivity contribution in [3.8, 4) is 0 Å². The van der Waals surface area contributed by atoms with Gasteiger partial charge in [-0.1, -0.05) is 36.4 Å². The molecule has 0 aliphatic heterocycles. The van der Waals surface area contributed by atoms with Crippen LogP contribution in [0.25, 0.3) is 0 Å². The van der Waals surface area contributed by atoms with Gasteiger partial charge in [0.15, 0.2) is 0 Å². The van der Waals surface area contributed by atoms with Crippen LogP contribution in [0.4, 0.5) is 5.69 Å². The van der Waals surface area contributed by atoms with E-state index in [-0.39, 0.29) is 5.91 Å². The maximum atomic E-state index is 13.0. The smallest absolute Gasteiger partial charge is 0.337 e. The Morgan fingerprint density at radius 1 is 1.19 bits per heavy atom. The molecule has 8 heteroatoms. The topological polar surface area (TPSA) is 99.0 Å². The zero-order chi connectivity index (χ0) is 19.2. The number of hydrogen-bond donors (Lipinski definition) is 1. The third-order valence-electron chi connectivity index (χ3n) is 4.18. The van der Waals surface area contributed by atoms with Crippen molar-refractivity contribution in [1.29, 1.82) is 0 Å². The largest absolute Gasteiger partial charge is 0.465 e. The first-order valence-electron chi connectivity index (χ1n) is 8.34. The normalized spacial score (nSPS) is 11.6. The minimum atomic E-state index is -0.636. The zero-order valence-electron chi connectivity index (χ0n) is 15.0. The van der Waals surface area contributed by atoms with E-state index in [0.717, 1.165) is 11.1 Å². The number of methoxy groups -OCH3 is 1. The highest BCUT2D eigenvalue weighted by atomic mass is 16.5. The number of anilines is 1. The highest BCUT2D eigenvalue weighted by Crippen LogP contribution is 2.21. The Kier molecular flexibility index (Phi) is 5.55. The molecule has 1 amide bonds. The summed E-state index contributed by atoms with van der Waals surface area (Å²) in [5, 5.41) is 14.0. The number of nitrogens with zero attached hydrogens (tertiary/aromatic N) is 4. The van der Waals surface area contributed by atoms with Crippen LogP contribution < -0.4 is 5.32 Å². The van der Waals surface area contributed by atoms with Gasteiger partial charge in [-0.15, -0.1) is 5.10 Å². The number of ether oxygens (including phenoxy) is 1. The van der Waals surface area contributed by atoms with Gasteiger partial charge >= 0.3 is 5.97 Å². The molecule has 0 saturated carbocycles. The fourth-order valence-corrected chi connectivity index (χ4v) is 2.67. The van der Waals surface area contributed by atoms with Gasteiger partial charge in [0.2, 0.25) is 5.91 Å². The molecule has 0 fully saturated rings. The van der Waals surface area contributed by atoms with Gasteiger partial charge in [-0.25, -0.2) is 9.48 Å². The molecule has 1 aromatic heterocycles. The fourth-order valence-electron chi connectivity index (χ4n) is 2.67. The highest BCUT2D eigenvalue weighted by Gasteiger charge is 2.23. The minimum Gasteiger partial charge on any atom is -0.465 e. The van der Waals surface area contributed by atoms with Gasteiger partial charge in [-0.3, -0.25) is 4.79 Å². The van der Waals surface area contributed by atoms with Gasteiger partial charge < -0.3 is 10.1 Å². The Balaban J connectivity index is 1.86. The number of carbonyl (C=O) groups is 2. The number of hydrogen-bond acceptors (Lipinski definition) is 6. The quantitative estimate of drug-likeness (QED) is 0.672. The van der Waals surface area contributed by atoms with E-state index < -0.39 is 12.0 Å². The van der Waals surface area contributed by atoms with Crippen LogP contribution in [0.15, 0.2) is 54.9 Å². The van der Waals surface area contributed by atoms with Crippen LogP contribution in [0.3, 0.4) is 0 Å². The number of esters is 1. The molecule has 3 rings (SSSR count). The Hall–Kier alpha value is -3.55. The van der Waals surface area contributed by atoms with Crippen LogP contribution in [0.1, 0.15) is 27.5 Å². The van der Waals surface area contributed by atoms with Crippen LogP contribution in [-0.4, -0.2) is 39.2 Å². The molecule has 8 nitrogen and oxygen atoms in total. The molecule has 0 aliphatic rings. The number of tetrazole rings is 1. The molecule has 2 aromatic carbocycles. The maximum absolute atomic E-state index is 13.0. The second kappa shape index (κ2) is 8.22. The van der Waals surface area contributed by atoms with Gasteiger partial charge in [0, 0.05) is 12.1 Å². The molecule has 0 unspecified atom stereocenters. The van der Waals surface area contributed by atoms with E-state index in [0.29, 0.717) is 17.7 Å². The molecule has 0 saturated heterocycles. The number of nitrogens with one attached hydrogen (secondary N) is 1. The molecule has 27 heavy (non-hydrogen) atoms. The first-order chi connectivity index (χ1) is 13.1. The van der Waals surface area contributed by atoms with Gasteiger partial charge in [-0.05, 0) is 40.6 Å². The summed E-state index contributed by atoms with van der Waals surface area (Å²) in [6.07, 6.45) is 1.83. The molecule has 1 N–H and O–H groups in total. The second-order valence-corrected chi connectivity index (χ2v) is 6.01. The van der Waals surface area contributed by atoms with Crippen LogP contribution in [0.2, 0.25) is 0 Å². The molecular formula is C19H19N5O3. The summed E-state index contributed by atoms with van der Waals surface area (Å²) in [6, 6.07) is 14.0. The van der Waals surface area contributed by atoms with E-state index in [2.05, 4.69) is 20.8 Å². The SMILES string of the molecule is COC(=O)c1ccc(C)c(NC(=O)[C@@H](Cc2ccccc2)n2cnnn2)c1. The number of carbonyl (C=O) groups excluding carboxylic acids is 2. The first kappa shape index (κ1) is 18.2. The predicted octanol–water partition coefficient (Wildman–Crippen LogP) is 2.19. The van der Waals surface area contributed by atoms with Crippen molar-refractivity contribution in [2.45, 2.75) is 19.4 Å². The zero-order valence-corrected chi connectivity index (χ0v) is 15.0. The van der Waals surface area contributed by atoms with Crippen molar-refractivity contribution >= 4 is 17.6 Å². The summed E-state index contributed by atoms with van der Waals surface area (Å²) in [5.74, 6) is -0.747. The van der Waals surface area contributed by atoms with Crippen molar-refractivity contribution in [2.75, 3.05) is 12.4 Å². The van der Waals surface area contributed by atoms with Crippen molar-refractivity contribution in [2.24, 2.45) is 0 Å². The van der Waals surface area contributed by atoms with E-state index in [4.69, 9.17) is 4.74 Å². The van der Waals surface area contributed by atoms with Crippen LogP contribution >= 0.6 is 0 Å². The molecule has 0 aliphatic carbocycles. The average Bonchev–Trinajstić information content (AvgIpc) is 3.22. The summed E-state index contributed by atoms with van der Waals surface area (Å²) < 4.78 is 6.16. The van der Waals surface area contributed by atoms with E-state index in [9.17, 15) is 9.59 Å². The number of aromatic nitrogens is 4. The molecule has 0 radical (unpaired) electrons. The number of aryl methyl sites for hydroxylation is 1. The van der Waals surface area contributed by atoms with E-state index >= 15 is 0 Å². The minimum absolute atomic E-state index is 0.281. The maximum Gasteiger partial charge on any atom is 0.337 e. The Morgan fingerprint density at radius 2 is 1.96 bits per heavy atom. The number of benzene rings is 2. The lowest BCUT2D eigenvalue weighted by molar-refractivity contribution is -0.119. The lowest BCUT2D eigenvalue weighted by Crippen LogP contribution is -2.28. The van der Waals surface area contributed by atoms with Crippen molar-refractivity contribution in [3.05, 3.63) is 71.5 Å². The predicted molar refractivity (Wildman–Crippen MR) is 98.1 cm³/mol. The standard InChI is InChI=1S/C19H19N5O3/c1-13-8-9-15(19(26)27-2)11-16(13)21-18(25)17(24-12-20-22-23-24)10-14-6-4-3-5-7-14/h3-9,11-12,17H,10H2,1-2H3,(H,21,25)/t17-/m1/s1. The summed E-state index contributed by atoms with van der Waals surface area (Å²) in [7, 11) is 1.31. The Morgan fingerprint density at radius 3 is 2.63 bits per heavy atom. The molecule has 3 aromatic rings. The summed E-state index contributed by atoms with van der Waals surface area (Å²) in [5.41, 5.74) is 2.70. The molecule has 0 spiro atoms. The monoisotopic (exact) mass is 365 g/mol.